The number of hydrogen-bond donors (Lipinski definition) is 2. The number of hydrogen-bond acceptors (Lipinski definition) is 3. The lowest BCUT2D eigenvalue weighted by molar-refractivity contribution is 0.137. The van der Waals surface area contributed by atoms with Crippen LogP contribution in [0.3, 0.4) is 0 Å². The van der Waals surface area contributed by atoms with Gasteiger partial charge in [-0.1, -0.05) is 0 Å². The lowest BCUT2D eigenvalue weighted by Gasteiger charge is -2.12. The highest BCUT2D eigenvalue weighted by Gasteiger charge is 1.91. The highest BCUT2D eigenvalue weighted by molar-refractivity contribution is 4.41. The number of rotatable bonds is 3. The molecule has 8 heavy (non-hydrogen) atoms. The van der Waals surface area contributed by atoms with E-state index in [2.05, 4.69) is 5.32 Å². The van der Waals surface area contributed by atoms with Crippen LogP contribution in [0.4, 0.5) is 0 Å². The largest absolute Gasteiger partial charge is 0.379 e. The molecule has 2 N–H and O–H groups in total. The van der Waals surface area contributed by atoms with Crippen molar-refractivity contribution in [2.45, 2.75) is 13.2 Å². The quantitative estimate of drug-likeness (QED) is 0.487. The van der Waals surface area contributed by atoms with Crippen LogP contribution < -0.4 is 5.32 Å². The number of aliphatic hydroxyl groups is 1. The van der Waals surface area contributed by atoms with Crippen molar-refractivity contribution in [3.05, 3.63) is 0 Å². The lowest BCUT2D eigenvalue weighted by atomic mass is 10.6. The molecule has 0 aliphatic carbocycles. The van der Waals surface area contributed by atoms with E-state index in [9.17, 15) is 0 Å². The van der Waals surface area contributed by atoms with Gasteiger partial charge in [-0.2, -0.15) is 0 Å². The van der Waals surface area contributed by atoms with Crippen LogP contribution in [0.15, 0.2) is 0 Å². The van der Waals surface area contributed by atoms with Crippen molar-refractivity contribution >= 4 is 0 Å². The van der Waals surface area contributed by atoms with E-state index in [0.29, 0.717) is 0 Å². The summed E-state index contributed by atoms with van der Waals surface area (Å²) >= 11 is 0. The van der Waals surface area contributed by atoms with Crippen LogP contribution in [0.25, 0.3) is 0 Å². The van der Waals surface area contributed by atoms with Gasteiger partial charge in [0, 0.05) is 6.67 Å². The van der Waals surface area contributed by atoms with Crippen molar-refractivity contribution in [1.82, 2.24) is 10.2 Å². The molecule has 0 bridgehead atoms. The van der Waals surface area contributed by atoms with Crippen LogP contribution in [-0.4, -0.2) is 37.0 Å². The molecule has 1 unspecified atom stereocenters. The minimum atomic E-state index is -0.405. The second-order valence-corrected chi connectivity index (χ2v) is 2.12. The van der Waals surface area contributed by atoms with Gasteiger partial charge in [0.1, 0.15) is 6.23 Å². The fourth-order valence-electron chi connectivity index (χ4n) is 0.315. The molecule has 0 saturated carbocycles. The van der Waals surface area contributed by atoms with E-state index in [0.717, 1.165) is 6.67 Å². The molecular weight excluding hydrogens is 104 g/mol. The van der Waals surface area contributed by atoms with Gasteiger partial charge in [-0.05, 0) is 21.0 Å². The molecule has 50 valence electrons. The van der Waals surface area contributed by atoms with E-state index in [-0.39, 0.29) is 0 Å². The molecule has 0 aromatic carbocycles. The third kappa shape index (κ3) is 5.88. The van der Waals surface area contributed by atoms with Crippen LogP contribution in [0.2, 0.25) is 0 Å². The summed E-state index contributed by atoms with van der Waals surface area (Å²) in [6, 6.07) is 0. The van der Waals surface area contributed by atoms with E-state index in [4.69, 9.17) is 5.11 Å². The van der Waals surface area contributed by atoms with Gasteiger partial charge >= 0.3 is 0 Å². The Balaban J connectivity index is 2.93. The molecule has 1 atom stereocenters. The fourth-order valence-corrected chi connectivity index (χ4v) is 0.315. The zero-order valence-electron chi connectivity index (χ0n) is 5.68. The third-order valence-corrected chi connectivity index (χ3v) is 0.703. The number of aliphatic hydroxyl groups excluding tert-OH is 1. The van der Waals surface area contributed by atoms with Crippen LogP contribution >= 0.6 is 0 Å². The minimum absolute atomic E-state index is 0.405. The summed E-state index contributed by atoms with van der Waals surface area (Å²) in [5.41, 5.74) is 0. The van der Waals surface area contributed by atoms with Crippen LogP contribution in [0, 0.1) is 0 Å². The van der Waals surface area contributed by atoms with Gasteiger partial charge in [0.2, 0.25) is 0 Å². The van der Waals surface area contributed by atoms with E-state index in [1.54, 1.807) is 6.92 Å². The van der Waals surface area contributed by atoms with Crippen molar-refractivity contribution in [3.8, 4) is 0 Å². The van der Waals surface area contributed by atoms with Gasteiger partial charge in [0.05, 0.1) is 0 Å². The highest BCUT2D eigenvalue weighted by Crippen LogP contribution is 1.71. The zero-order valence-corrected chi connectivity index (χ0v) is 5.68. The molecule has 3 heteroatoms. The molecule has 0 rings (SSSR count). The Bertz CT molecular complexity index is 46.4. The molecular formula is C5H14N2O. The topological polar surface area (TPSA) is 35.5 Å². The highest BCUT2D eigenvalue weighted by atomic mass is 16.3. The van der Waals surface area contributed by atoms with Crippen LogP contribution in [0.1, 0.15) is 6.92 Å². The van der Waals surface area contributed by atoms with Gasteiger partial charge in [0.15, 0.2) is 0 Å². The molecule has 3 nitrogen and oxygen atoms in total. The van der Waals surface area contributed by atoms with E-state index in [1.165, 1.54) is 0 Å². The maximum atomic E-state index is 8.66. The Morgan fingerprint density at radius 3 is 2.25 bits per heavy atom. The first-order chi connectivity index (χ1) is 3.63. The SMILES string of the molecule is CC(O)NCN(C)C. The second kappa shape index (κ2) is 3.83. The van der Waals surface area contributed by atoms with Crippen molar-refractivity contribution < 1.29 is 5.11 Å². The van der Waals surface area contributed by atoms with E-state index < -0.39 is 6.23 Å². The maximum absolute atomic E-state index is 8.66. The average molecular weight is 118 g/mol. The Kier molecular flexibility index (Phi) is 3.77. The summed E-state index contributed by atoms with van der Waals surface area (Å²) in [6.45, 7) is 2.42. The number of nitrogens with zero attached hydrogens (tertiary/aromatic N) is 1. The molecule has 0 heterocycles. The zero-order chi connectivity index (χ0) is 6.57. The summed E-state index contributed by atoms with van der Waals surface area (Å²) in [6.07, 6.45) is -0.405. The Hall–Kier alpha value is -0.120. The number of nitrogens with one attached hydrogen (secondary N) is 1. The molecule has 0 fully saturated rings. The van der Waals surface area contributed by atoms with Crippen molar-refractivity contribution in [2.24, 2.45) is 0 Å². The average Bonchev–Trinajstić information content (AvgIpc) is 1.61. The Morgan fingerprint density at radius 1 is 1.62 bits per heavy atom. The van der Waals surface area contributed by atoms with E-state index >= 15 is 0 Å². The van der Waals surface area contributed by atoms with Crippen LogP contribution in [-0.2, 0) is 0 Å². The molecule has 0 radical (unpaired) electrons. The van der Waals surface area contributed by atoms with Crippen molar-refractivity contribution in [3.63, 3.8) is 0 Å². The standard InChI is InChI=1S/C5H14N2O/c1-5(8)6-4-7(2)3/h5-6,8H,4H2,1-3H3. The lowest BCUT2D eigenvalue weighted by Crippen LogP contribution is -2.34. The molecule has 0 amide bonds. The molecule has 0 aromatic rings. The van der Waals surface area contributed by atoms with Gasteiger partial charge in [-0.25, -0.2) is 0 Å². The minimum Gasteiger partial charge on any atom is -0.379 e. The van der Waals surface area contributed by atoms with Gasteiger partial charge in [0.25, 0.3) is 0 Å². The first kappa shape index (κ1) is 7.88. The first-order valence-electron chi connectivity index (χ1n) is 2.69. The summed E-state index contributed by atoms with van der Waals surface area (Å²) in [7, 11) is 3.88. The molecule has 0 spiro atoms. The van der Waals surface area contributed by atoms with Crippen molar-refractivity contribution in [1.29, 1.82) is 0 Å². The smallest absolute Gasteiger partial charge is 0.103 e. The van der Waals surface area contributed by atoms with Crippen LogP contribution in [0.5, 0.6) is 0 Å². The molecule has 0 saturated heterocycles. The first-order valence-corrected chi connectivity index (χ1v) is 2.69. The molecule has 0 aliphatic rings. The third-order valence-electron chi connectivity index (χ3n) is 0.703. The Morgan fingerprint density at radius 2 is 2.12 bits per heavy atom. The summed E-state index contributed by atoms with van der Waals surface area (Å²) < 4.78 is 0. The van der Waals surface area contributed by atoms with Crippen molar-refractivity contribution in [2.75, 3.05) is 20.8 Å². The maximum Gasteiger partial charge on any atom is 0.103 e. The van der Waals surface area contributed by atoms with Gasteiger partial charge < -0.3 is 5.11 Å². The molecule has 0 aliphatic heterocycles. The summed E-state index contributed by atoms with van der Waals surface area (Å²) in [4.78, 5) is 1.95. The monoisotopic (exact) mass is 118 g/mol. The Labute approximate surface area is 50.3 Å². The summed E-state index contributed by atoms with van der Waals surface area (Å²) in [5, 5.41) is 11.5. The van der Waals surface area contributed by atoms with Gasteiger partial charge in [-0.15, -0.1) is 0 Å². The van der Waals surface area contributed by atoms with E-state index in [1.807, 2.05) is 19.0 Å². The second-order valence-electron chi connectivity index (χ2n) is 2.12. The molecule has 0 aromatic heterocycles. The predicted molar refractivity (Wildman–Crippen MR) is 33.4 cm³/mol. The fraction of sp³-hybridized carbons (Fsp3) is 1.00. The normalized spacial score (nSPS) is 14.6. The summed E-state index contributed by atoms with van der Waals surface area (Å²) in [5.74, 6) is 0. The predicted octanol–water partition coefficient (Wildman–Crippen LogP) is -0.567. The van der Waals surface area contributed by atoms with Gasteiger partial charge in [-0.3, -0.25) is 10.2 Å².